The van der Waals surface area contributed by atoms with Crippen molar-refractivity contribution in [2.24, 2.45) is 5.92 Å². The number of benzene rings is 1. The number of ether oxygens (including phenoxy) is 2. The fraction of sp³-hybridized carbons (Fsp3) is 0.409. The van der Waals surface area contributed by atoms with Crippen molar-refractivity contribution in [1.29, 1.82) is 0 Å². The maximum absolute atomic E-state index is 12.5. The van der Waals surface area contributed by atoms with Crippen LogP contribution in [0.15, 0.2) is 36.5 Å². The molecule has 1 aromatic carbocycles. The summed E-state index contributed by atoms with van der Waals surface area (Å²) in [5.74, 6) is 1.28. The quantitative estimate of drug-likeness (QED) is 0.697. The standard InChI is InChI=1S/C22H25ClN4O4/c1-30-19-6-4-15(12-18(19)23)26-22(29)27-10-8-17(9-11-27)31-20-7-5-16(13-24-20)25-21(28)14-2-3-14/h4-7,12-14,17H,2-3,8-11H2,1H3,(H,25,28)(H,26,29). The van der Waals surface area contributed by atoms with E-state index in [0.717, 1.165) is 12.8 Å². The number of nitrogens with zero attached hydrogens (tertiary/aromatic N) is 2. The van der Waals surface area contributed by atoms with E-state index in [2.05, 4.69) is 15.6 Å². The number of carbonyl (C=O) groups is 2. The van der Waals surface area contributed by atoms with E-state index < -0.39 is 0 Å². The average Bonchev–Trinajstić information content (AvgIpc) is 3.61. The second kappa shape index (κ2) is 9.43. The molecule has 1 saturated carbocycles. The molecule has 0 spiro atoms. The van der Waals surface area contributed by atoms with Gasteiger partial charge in [-0.1, -0.05) is 11.6 Å². The van der Waals surface area contributed by atoms with Crippen molar-refractivity contribution in [1.82, 2.24) is 9.88 Å². The number of anilines is 2. The largest absolute Gasteiger partial charge is 0.495 e. The number of aromatic nitrogens is 1. The van der Waals surface area contributed by atoms with Crippen LogP contribution < -0.4 is 20.1 Å². The number of urea groups is 1. The van der Waals surface area contributed by atoms with Crippen molar-refractivity contribution < 1.29 is 19.1 Å². The molecule has 0 bridgehead atoms. The van der Waals surface area contributed by atoms with Crippen LogP contribution in [0.5, 0.6) is 11.6 Å². The molecular formula is C22H25ClN4O4. The molecule has 1 aliphatic heterocycles. The number of likely N-dealkylation sites (tertiary alicyclic amines) is 1. The summed E-state index contributed by atoms with van der Waals surface area (Å²) >= 11 is 6.11. The Morgan fingerprint density at radius 2 is 1.81 bits per heavy atom. The molecule has 1 saturated heterocycles. The van der Waals surface area contributed by atoms with Crippen LogP contribution in [0.4, 0.5) is 16.2 Å². The van der Waals surface area contributed by atoms with Gasteiger partial charge in [-0.2, -0.15) is 0 Å². The lowest BCUT2D eigenvalue weighted by Gasteiger charge is -2.32. The zero-order valence-corrected chi connectivity index (χ0v) is 18.0. The van der Waals surface area contributed by atoms with E-state index in [1.165, 1.54) is 0 Å². The summed E-state index contributed by atoms with van der Waals surface area (Å²) in [7, 11) is 1.54. The third kappa shape index (κ3) is 5.58. The Morgan fingerprint density at radius 3 is 2.42 bits per heavy atom. The van der Waals surface area contributed by atoms with Gasteiger partial charge in [-0.15, -0.1) is 0 Å². The van der Waals surface area contributed by atoms with Crippen LogP contribution in [0.3, 0.4) is 0 Å². The topological polar surface area (TPSA) is 92.8 Å². The maximum atomic E-state index is 12.5. The molecule has 0 unspecified atom stereocenters. The molecule has 3 amide bonds. The first-order chi connectivity index (χ1) is 15.0. The third-order valence-corrected chi connectivity index (χ3v) is 5.67. The van der Waals surface area contributed by atoms with Gasteiger partial charge in [0, 0.05) is 43.6 Å². The number of piperidine rings is 1. The zero-order chi connectivity index (χ0) is 21.8. The van der Waals surface area contributed by atoms with Crippen molar-refractivity contribution in [3.63, 3.8) is 0 Å². The number of carbonyl (C=O) groups excluding carboxylic acids is 2. The van der Waals surface area contributed by atoms with E-state index >= 15 is 0 Å². The maximum Gasteiger partial charge on any atom is 0.321 e. The number of amides is 3. The molecule has 2 aromatic rings. The van der Waals surface area contributed by atoms with Gasteiger partial charge in [0.25, 0.3) is 0 Å². The summed E-state index contributed by atoms with van der Waals surface area (Å²) in [5.41, 5.74) is 1.29. The van der Waals surface area contributed by atoms with E-state index in [-0.39, 0.29) is 24.0 Å². The minimum atomic E-state index is -0.173. The number of methoxy groups -OCH3 is 1. The van der Waals surface area contributed by atoms with Gasteiger partial charge in [-0.3, -0.25) is 4.79 Å². The fourth-order valence-electron chi connectivity index (χ4n) is 3.41. The fourth-order valence-corrected chi connectivity index (χ4v) is 3.67. The first kappa shape index (κ1) is 21.2. The van der Waals surface area contributed by atoms with Crippen molar-refractivity contribution in [2.45, 2.75) is 31.8 Å². The average molecular weight is 445 g/mol. The van der Waals surface area contributed by atoms with Gasteiger partial charge in [-0.25, -0.2) is 9.78 Å². The first-order valence-corrected chi connectivity index (χ1v) is 10.7. The molecule has 0 atom stereocenters. The smallest absolute Gasteiger partial charge is 0.321 e. The Labute approximate surface area is 185 Å². The van der Waals surface area contributed by atoms with Gasteiger partial charge >= 0.3 is 6.03 Å². The molecule has 2 heterocycles. The second-order valence-electron chi connectivity index (χ2n) is 7.73. The Kier molecular flexibility index (Phi) is 6.46. The second-order valence-corrected chi connectivity index (χ2v) is 8.14. The molecule has 2 N–H and O–H groups in total. The Balaban J connectivity index is 1.23. The van der Waals surface area contributed by atoms with Crippen LogP contribution in [0.25, 0.3) is 0 Å². The van der Waals surface area contributed by atoms with Gasteiger partial charge in [-0.05, 0) is 37.1 Å². The third-order valence-electron chi connectivity index (χ3n) is 5.37. The van der Waals surface area contributed by atoms with Crippen LogP contribution in [-0.4, -0.2) is 48.1 Å². The summed E-state index contributed by atoms with van der Waals surface area (Å²) in [6.45, 7) is 1.16. The number of rotatable bonds is 6. The van der Waals surface area contributed by atoms with E-state index in [4.69, 9.17) is 21.1 Å². The molecule has 4 rings (SSSR count). The monoisotopic (exact) mass is 444 g/mol. The normalized spacial score (nSPS) is 16.5. The highest BCUT2D eigenvalue weighted by Crippen LogP contribution is 2.30. The summed E-state index contributed by atoms with van der Waals surface area (Å²) in [6.07, 6.45) is 4.93. The van der Waals surface area contributed by atoms with Gasteiger partial charge in [0.1, 0.15) is 11.9 Å². The van der Waals surface area contributed by atoms with Crippen LogP contribution in [0, 0.1) is 5.92 Å². The predicted octanol–water partition coefficient (Wildman–Crippen LogP) is 4.17. The van der Waals surface area contributed by atoms with Gasteiger partial charge in [0.2, 0.25) is 11.8 Å². The number of pyridine rings is 1. The summed E-state index contributed by atoms with van der Waals surface area (Å²) < 4.78 is 11.1. The van der Waals surface area contributed by atoms with Gasteiger partial charge in [0.05, 0.1) is 24.0 Å². The Bertz CT molecular complexity index is 941. The Morgan fingerprint density at radius 1 is 1.06 bits per heavy atom. The Hall–Kier alpha value is -3.00. The summed E-state index contributed by atoms with van der Waals surface area (Å²) in [5, 5.41) is 6.16. The van der Waals surface area contributed by atoms with Gasteiger partial charge in [0.15, 0.2) is 0 Å². The first-order valence-electron chi connectivity index (χ1n) is 10.3. The van der Waals surface area contributed by atoms with Crippen molar-refractivity contribution >= 4 is 34.9 Å². The zero-order valence-electron chi connectivity index (χ0n) is 17.3. The molecular weight excluding hydrogens is 420 g/mol. The van der Waals surface area contributed by atoms with E-state index in [1.54, 1.807) is 48.5 Å². The van der Waals surface area contributed by atoms with E-state index in [0.29, 0.717) is 54.0 Å². The molecule has 31 heavy (non-hydrogen) atoms. The highest BCUT2D eigenvalue weighted by molar-refractivity contribution is 6.32. The van der Waals surface area contributed by atoms with Gasteiger partial charge < -0.3 is 25.0 Å². The van der Waals surface area contributed by atoms with E-state index in [1.807, 2.05) is 0 Å². The highest BCUT2D eigenvalue weighted by atomic mass is 35.5. The van der Waals surface area contributed by atoms with Crippen molar-refractivity contribution in [2.75, 3.05) is 30.8 Å². The lowest BCUT2D eigenvalue weighted by Crippen LogP contribution is -2.43. The minimum Gasteiger partial charge on any atom is -0.495 e. The van der Waals surface area contributed by atoms with Crippen LogP contribution in [0.1, 0.15) is 25.7 Å². The van der Waals surface area contributed by atoms with Crippen LogP contribution in [0.2, 0.25) is 5.02 Å². The number of halogens is 1. The number of nitrogens with one attached hydrogen (secondary N) is 2. The molecule has 8 nitrogen and oxygen atoms in total. The van der Waals surface area contributed by atoms with Crippen molar-refractivity contribution in [3.05, 3.63) is 41.6 Å². The molecule has 2 aliphatic rings. The van der Waals surface area contributed by atoms with Crippen LogP contribution >= 0.6 is 11.6 Å². The summed E-state index contributed by atoms with van der Waals surface area (Å²) in [6, 6.07) is 8.51. The van der Waals surface area contributed by atoms with E-state index in [9.17, 15) is 9.59 Å². The lowest BCUT2D eigenvalue weighted by atomic mass is 10.1. The molecule has 2 fully saturated rings. The number of hydrogen-bond donors (Lipinski definition) is 2. The molecule has 9 heteroatoms. The number of hydrogen-bond acceptors (Lipinski definition) is 5. The molecule has 1 aliphatic carbocycles. The highest BCUT2D eigenvalue weighted by Gasteiger charge is 2.29. The SMILES string of the molecule is COc1ccc(NC(=O)N2CCC(Oc3ccc(NC(=O)C4CC4)cn3)CC2)cc1Cl. The predicted molar refractivity (Wildman–Crippen MR) is 118 cm³/mol. The molecule has 1 aromatic heterocycles. The molecule has 164 valence electrons. The summed E-state index contributed by atoms with van der Waals surface area (Å²) in [4.78, 5) is 30.4. The molecule has 0 radical (unpaired) electrons. The minimum absolute atomic E-state index is 0.0149. The van der Waals surface area contributed by atoms with Crippen molar-refractivity contribution in [3.8, 4) is 11.6 Å². The lowest BCUT2D eigenvalue weighted by molar-refractivity contribution is -0.117. The van der Waals surface area contributed by atoms with Crippen LogP contribution in [-0.2, 0) is 4.79 Å².